The molecule has 120 valence electrons. The number of benzene rings is 1. The number of rotatable bonds is 9. The zero-order valence-electron chi connectivity index (χ0n) is 12.9. The Bertz CT molecular complexity index is 394. The van der Waals surface area contributed by atoms with Crippen molar-refractivity contribution >= 4 is 18.3 Å². The highest BCUT2D eigenvalue weighted by atomic mass is 35.5. The summed E-state index contributed by atoms with van der Waals surface area (Å²) in [5, 5.41) is 2.88. The summed E-state index contributed by atoms with van der Waals surface area (Å²) >= 11 is 0. The Hall–Kier alpha value is -1.26. The molecule has 0 spiro atoms. The standard InChI is InChI=1S/C16H26N2O2.ClH/c1-13(2)9-12-20-15-7-5-14(6-8-15)16(19)18-11-4-3-10-17;/h5-8,13H,3-4,9-12,17H2,1-2H3,(H,18,19);1H. The molecule has 0 heterocycles. The van der Waals surface area contributed by atoms with Crippen LogP contribution in [0.15, 0.2) is 24.3 Å². The van der Waals surface area contributed by atoms with Gasteiger partial charge in [0.1, 0.15) is 5.75 Å². The number of carbonyl (C=O) groups excluding carboxylic acids is 1. The Morgan fingerprint density at radius 1 is 1.24 bits per heavy atom. The van der Waals surface area contributed by atoms with Crippen molar-refractivity contribution in [1.29, 1.82) is 0 Å². The van der Waals surface area contributed by atoms with Gasteiger partial charge in [0.2, 0.25) is 0 Å². The third-order valence-corrected chi connectivity index (χ3v) is 3.00. The number of halogens is 1. The van der Waals surface area contributed by atoms with E-state index in [-0.39, 0.29) is 18.3 Å². The lowest BCUT2D eigenvalue weighted by molar-refractivity contribution is 0.0953. The monoisotopic (exact) mass is 314 g/mol. The summed E-state index contributed by atoms with van der Waals surface area (Å²) in [5.41, 5.74) is 6.07. The quantitative estimate of drug-likeness (QED) is 0.689. The first kappa shape index (κ1) is 19.7. The molecule has 4 nitrogen and oxygen atoms in total. The van der Waals surface area contributed by atoms with Crippen LogP contribution in [0, 0.1) is 5.92 Å². The number of nitrogens with one attached hydrogen (secondary N) is 1. The SMILES string of the molecule is CC(C)CCOc1ccc(C(=O)NCCCCN)cc1.Cl. The number of hydrogen-bond donors (Lipinski definition) is 2. The summed E-state index contributed by atoms with van der Waals surface area (Å²) in [5.74, 6) is 1.40. The van der Waals surface area contributed by atoms with E-state index >= 15 is 0 Å². The average molecular weight is 315 g/mol. The lowest BCUT2D eigenvalue weighted by Gasteiger charge is -2.09. The van der Waals surface area contributed by atoms with Gasteiger partial charge in [-0.15, -0.1) is 12.4 Å². The number of carbonyl (C=O) groups is 1. The number of ether oxygens (including phenoxy) is 1. The molecule has 1 amide bonds. The van der Waals surface area contributed by atoms with Crippen molar-refractivity contribution in [3.05, 3.63) is 29.8 Å². The van der Waals surface area contributed by atoms with Crippen LogP contribution in [-0.2, 0) is 0 Å². The molecular formula is C16H27ClN2O2. The van der Waals surface area contributed by atoms with Gasteiger partial charge < -0.3 is 15.8 Å². The molecule has 0 fully saturated rings. The fourth-order valence-electron chi connectivity index (χ4n) is 1.69. The van der Waals surface area contributed by atoms with Gasteiger partial charge in [0.15, 0.2) is 0 Å². The van der Waals surface area contributed by atoms with Crippen LogP contribution in [0.25, 0.3) is 0 Å². The summed E-state index contributed by atoms with van der Waals surface area (Å²) in [4.78, 5) is 11.8. The minimum absolute atomic E-state index is 0. The van der Waals surface area contributed by atoms with Crippen LogP contribution in [0.1, 0.15) is 43.5 Å². The number of unbranched alkanes of at least 4 members (excludes halogenated alkanes) is 1. The first-order valence-corrected chi connectivity index (χ1v) is 7.34. The Morgan fingerprint density at radius 2 is 1.90 bits per heavy atom. The Balaban J connectivity index is 0.00000400. The molecule has 0 aromatic heterocycles. The fraction of sp³-hybridized carbons (Fsp3) is 0.562. The van der Waals surface area contributed by atoms with Crippen LogP contribution in [0.2, 0.25) is 0 Å². The summed E-state index contributed by atoms with van der Waals surface area (Å²) in [7, 11) is 0. The van der Waals surface area contributed by atoms with Gasteiger partial charge in [-0.3, -0.25) is 4.79 Å². The second-order valence-corrected chi connectivity index (χ2v) is 5.31. The predicted molar refractivity (Wildman–Crippen MR) is 89.3 cm³/mol. The number of nitrogens with two attached hydrogens (primary N) is 1. The highest BCUT2D eigenvalue weighted by Gasteiger charge is 2.05. The maximum Gasteiger partial charge on any atom is 0.251 e. The first-order valence-electron chi connectivity index (χ1n) is 7.34. The van der Waals surface area contributed by atoms with Crippen molar-refractivity contribution in [2.24, 2.45) is 11.7 Å². The molecule has 0 unspecified atom stereocenters. The van der Waals surface area contributed by atoms with Gasteiger partial charge >= 0.3 is 0 Å². The van der Waals surface area contributed by atoms with Gasteiger partial charge in [-0.1, -0.05) is 13.8 Å². The molecule has 1 aromatic rings. The Kier molecular flexibility index (Phi) is 10.7. The average Bonchev–Trinajstić information content (AvgIpc) is 2.44. The molecule has 1 rings (SSSR count). The van der Waals surface area contributed by atoms with E-state index in [2.05, 4.69) is 19.2 Å². The van der Waals surface area contributed by atoms with Gasteiger partial charge in [0.05, 0.1) is 6.61 Å². The van der Waals surface area contributed by atoms with E-state index in [1.54, 1.807) is 12.1 Å². The highest BCUT2D eigenvalue weighted by molar-refractivity contribution is 5.94. The van der Waals surface area contributed by atoms with Gasteiger partial charge in [0.25, 0.3) is 5.91 Å². The fourth-order valence-corrected chi connectivity index (χ4v) is 1.69. The minimum atomic E-state index is -0.0456. The second kappa shape index (κ2) is 11.4. The highest BCUT2D eigenvalue weighted by Crippen LogP contribution is 2.13. The van der Waals surface area contributed by atoms with Crippen LogP contribution in [0.5, 0.6) is 5.75 Å². The molecule has 0 aliphatic heterocycles. The molecule has 3 N–H and O–H groups in total. The van der Waals surface area contributed by atoms with E-state index in [0.717, 1.165) is 25.0 Å². The predicted octanol–water partition coefficient (Wildman–Crippen LogP) is 3.00. The third kappa shape index (κ3) is 8.58. The maximum atomic E-state index is 11.8. The molecule has 0 bridgehead atoms. The van der Waals surface area contributed by atoms with E-state index in [0.29, 0.717) is 31.2 Å². The van der Waals surface area contributed by atoms with Crippen molar-refractivity contribution in [1.82, 2.24) is 5.32 Å². The van der Waals surface area contributed by atoms with Crippen LogP contribution in [-0.4, -0.2) is 25.6 Å². The van der Waals surface area contributed by atoms with Gasteiger partial charge in [-0.2, -0.15) is 0 Å². The Morgan fingerprint density at radius 3 is 2.48 bits per heavy atom. The van der Waals surface area contributed by atoms with Gasteiger partial charge in [-0.05, 0) is 56.0 Å². The second-order valence-electron chi connectivity index (χ2n) is 5.31. The summed E-state index contributed by atoms with van der Waals surface area (Å²) in [6, 6.07) is 7.27. The zero-order valence-corrected chi connectivity index (χ0v) is 13.7. The topological polar surface area (TPSA) is 64.3 Å². The normalized spacial score (nSPS) is 10.1. The van der Waals surface area contributed by atoms with E-state index in [1.807, 2.05) is 12.1 Å². The van der Waals surface area contributed by atoms with E-state index < -0.39 is 0 Å². The molecule has 21 heavy (non-hydrogen) atoms. The van der Waals surface area contributed by atoms with Crippen LogP contribution in [0.4, 0.5) is 0 Å². The smallest absolute Gasteiger partial charge is 0.251 e. The lowest BCUT2D eigenvalue weighted by atomic mass is 10.1. The molecular weight excluding hydrogens is 288 g/mol. The van der Waals surface area contributed by atoms with E-state index in [4.69, 9.17) is 10.5 Å². The van der Waals surface area contributed by atoms with Crippen LogP contribution >= 0.6 is 12.4 Å². The molecule has 5 heteroatoms. The third-order valence-electron chi connectivity index (χ3n) is 3.00. The summed E-state index contributed by atoms with van der Waals surface area (Å²) < 4.78 is 5.62. The molecule has 0 radical (unpaired) electrons. The molecule has 1 aromatic carbocycles. The van der Waals surface area contributed by atoms with Gasteiger partial charge in [-0.25, -0.2) is 0 Å². The molecule has 0 aliphatic rings. The van der Waals surface area contributed by atoms with Crippen LogP contribution < -0.4 is 15.8 Å². The largest absolute Gasteiger partial charge is 0.494 e. The van der Waals surface area contributed by atoms with Crippen LogP contribution in [0.3, 0.4) is 0 Å². The van der Waals surface area contributed by atoms with Crippen molar-refractivity contribution in [2.45, 2.75) is 33.1 Å². The molecule has 0 aliphatic carbocycles. The summed E-state index contributed by atoms with van der Waals surface area (Å²) in [6.07, 6.45) is 2.88. The van der Waals surface area contributed by atoms with E-state index in [1.165, 1.54) is 0 Å². The maximum absolute atomic E-state index is 11.8. The lowest BCUT2D eigenvalue weighted by Crippen LogP contribution is -2.24. The summed E-state index contributed by atoms with van der Waals surface area (Å²) in [6.45, 7) is 6.38. The number of amides is 1. The molecule has 0 saturated carbocycles. The number of hydrogen-bond acceptors (Lipinski definition) is 3. The Labute approximate surface area is 133 Å². The van der Waals surface area contributed by atoms with Crippen molar-refractivity contribution in [3.8, 4) is 5.75 Å². The van der Waals surface area contributed by atoms with Crippen molar-refractivity contribution < 1.29 is 9.53 Å². The van der Waals surface area contributed by atoms with Crippen molar-refractivity contribution in [3.63, 3.8) is 0 Å². The van der Waals surface area contributed by atoms with Gasteiger partial charge in [0, 0.05) is 12.1 Å². The minimum Gasteiger partial charge on any atom is -0.494 e. The molecule has 0 saturated heterocycles. The van der Waals surface area contributed by atoms with E-state index in [9.17, 15) is 4.79 Å². The molecule has 0 atom stereocenters. The first-order chi connectivity index (χ1) is 9.63. The zero-order chi connectivity index (χ0) is 14.8. The van der Waals surface area contributed by atoms with Crippen molar-refractivity contribution in [2.75, 3.05) is 19.7 Å².